The molecule has 2 aromatic rings. The molecule has 2 aromatic carbocycles. The Bertz CT molecular complexity index is 751. The average molecular weight is 410 g/mol. The number of halogens is 2. The van der Waals surface area contributed by atoms with Crippen molar-refractivity contribution in [1.29, 1.82) is 0 Å². The minimum atomic E-state index is -0.441. The molecule has 0 aliphatic heterocycles. The number of ether oxygens (including phenoxy) is 2. The lowest BCUT2D eigenvalue weighted by molar-refractivity contribution is -0.121. The van der Waals surface area contributed by atoms with Crippen LogP contribution in [-0.4, -0.2) is 20.1 Å². The summed E-state index contributed by atoms with van der Waals surface area (Å²) in [4.78, 5) is 12.2. The number of aryl methyl sites for hydroxylation is 1. The van der Waals surface area contributed by atoms with Gasteiger partial charge >= 0.3 is 0 Å². The fourth-order valence-corrected chi connectivity index (χ4v) is 3.06. The first-order valence-corrected chi connectivity index (χ1v) is 8.69. The fraction of sp³-hybridized carbons (Fsp3) is 0.316. The number of nitrogens with one attached hydrogen (secondary N) is 1. The minimum absolute atomic E-state index is 0.0873. The fourth-order valence-electron chi connectivity index (χ4n) is 2.47. The molecule has 0 bridgehead atoms. The quantitative estimate of drug-likeness (QED) is 0.736. The zero-order chi connectivity index (χ0) is 18.4. The van der Waals surface area contributed by atoms with Crippen LogP contribution in [0, 0.1) is 5.82 Å². The summed E-state index contributed by atoms with van der Waals surface area (Å²) >= 11 is 3.43. The van der Waals surface area contributed by atoms with E-state index < -0.39 is 5.82 Å². The molecule has 134 valence electrons. The van der Waals surface area contributed by atoms with Crippen LogP contribution in [0.2, 0.25) is 0 Å². The largest absolute Gasteiger partial charge is 0.496 e. The molecule has 2 rings (SSSR count). The van der Waals surface area contributed by atoms with Gasteiger partial charge in [0.25, 0.3) is 0 Å². The van der Waals surface area contributed by atoms with Crippen LogP contribution in [-0.2, 0) is 11.2 Å². The number of rotatable bonds is 7. The Morgan fingerprint density at radius 2 is 1.84 bits per heavy atom. The highest BCUT2D eigenvalue weighted by molar-refractivity contribution is 9.10. The zero-order valence-corrected chi connectivity index (χ0v) is 16.0. The summed E-state index contributed by atoms with van der Waals surface area (Å²) in [5.74, 6) is 0.413. The summed E-state index contributed by atoms with van der Waals surface area (Å²) in [6.07, 6.45) is 0.958. The van der Waals surface area contributed by atoms with Crippen LogP contribution in [0.25, 0.3) is 0 Å². The summed E-state index contributed by atoms with van der Waals surface area (Å²) in [5, 5.41) is 2.89. The van der Waals surface area contributed by atoms with Crippen LogP contribution in [0.5, 0.6) is 11.5 Å². The molecule has 0 fully saturated rings. The molecular weight excluding hydrogens is 389 g/mol. The predicted molar refractivity (Wildman–Crippen MR) is 98.5 cm³/mol. The zero-order valence-electron chi connectivity index (χ0n) is 14.4. The molecule has 0 saturated carbocycles. The topological polar surface area (TPSA) is 47.6 Å². The Labute approximate surface area is 155 Å². The lowest BCUT2D eigenvalue weighted by atomic mass is 10.1. The highest BCUT2D eigenvalue weighted by atomic mass is 79.9. The molecule has 1 N–H and O–H groups in total. The van der Waals surface area contributed by atoms with Gasteiger partial charge < -0.3 is 14.8 Å². The monoisotopic (exact) mass is 409 g/mol. The molecule has 0 saturated heterocycles. The summed E-state index contributed by atoms with van der Waals surface area (Å²) in [6, 6.07) is 10.1. The van der Waals surface area contributed by atoms with E-state index in [-0.39, 0.29) is 17.7 Å². The number of carbonyl (C=O) groups excluding carboxylic acids is 1. The van der Waals surface area contributed by atoms with E-state index in [1.807, 2.05) is 25.1 Å². The van der Waals surface area contributed by atoms with Crippen LogP contribution >= 0.6 is 15.9 Å². The molecule has 0 aliphatic rings. The van der Waals surface area contributed by atoms with Gasteiger partial charge in [-0.3, -0.25) is 4.79 Å². The molecule has 1 unspecified atom stereocenters. The molecular formula is C19H21BrFNO3. The maximum absolute atomic E-state index is 13.8. The first-order chi connectivity index (χ1) is 11.9. The van der Waals surface area contributed by atoms with Crippen molar-refractivity contribution in [3.05, 3.63) is 57.8 Å². The molecule has 1 atom stereocenters. The Hall–Kier alpha value is -2.08. The molecule has 0 heterocycles. The van der Waals surface area contributed by atoms with Gasteiger partial charge in [0.1, 0.15) is 5.75 Å². The van der Waals surface area contributed by atoms with Crippen LogP contribution in [0.4, 0.5) is 4.39 Å². The maximum atomic E-state index is 13.8. The van der Waals surface area contributed by atoms with Gasteiger partial charge in [0.15, 0.2) is 11.6 Å². The molecule has 6 heteroatoms. The first-order valence-electron chi connectivity index (χ1n) is 7.89. The van der Waals surface area contributed by atoms with E-state index >= 15 is 0 Å². The minimum Gasteiger partial charge on any atom is -0.496 e. The molecule has 0 radical (unpaired) electrons. The lowest BCUT2D eigenvalue weighted by Gasteiger charge is -2.15. The molecule has 25 heavy (non-hydrogen) atoms. The highest BCUT2D eigenvalue weighted by Gasteiger charge is 2.12. The SMILES string of the molecule is COc1ccc(C(C)NC(=O)CCc2ccc(OC)c(Br)c2)cc1F. The number of carbonyl (C=O) groups is 1. The Balaban J connectivity index is 1.91. The van der Waals surface area contributed by atoms with Crippen LogP contribution in [0.15, 0.2) is 40.9 Å². The second-order valence-corrected chi connectivity index (χ2v) is 6.51. The number of methoxy groups -OCH3 is 2. The normalized spacial score (nSPS) is 11.7. The molecule has 1 amide bonds. The standard InChI is InChI=1S/C19H21BrFNO3/c1-12(14-6-8-18(25-3)16(21)11-14)22-19(23)9-5-13-4-7-17(24-2)15(20)10-13/h4,6-8,10-12H,5,9H2,1-3H3,(H,22,23). The predicted octanol–water partition coefficient (Wildman–Crippen LogP) is 4.42. The maximum Gasteiger partial charge on any atom is 0.220 e. The van der Waals surface area contributed by atoms with Crippen LogP contribution < -0.4 is 14.8 Å². The number of benzene rings is 2. The summed E-state index contributed by atoms with van der Waals surface area (Å²) in [7, 11) is 3.03. The smallest absolute Gasteiger partial charge is 0.220 e. The average Bonchev–Trinajstić information content (AvgIpc) is 2.60. The summed E-state index contributed by atoms with van der Waals surface area (Å²) in [6.45, 7) is 1.82. The molecule has 4 nitrogen and oxygen atoms in total. The van der Waals surface area contributed by atoms with Crippen molar-refractivity contribution in [2.45, 2.75) is 25.8 Å². The van der Waals surface area contributed by atoms with E-state index in [0.29, 0.717) is 18.4 Å². The Morgan fingerprint density at radius 1 is 1.16 bits per heavy atom. The van der Waals surface area contributed by atoms with Gasteiger partial charge in [0.2, 0.25) is 5.91 Å². The van der Waals surface area contributed by atoms with Gasteiger partial charge in [-0.05, 0) is 64.7 Å². The van der Waals surface area contributed by atoms with Gasteiger partial charge in [0, 0.05) is 6.42 Å². The number of hydrogen-bond acceptors (Lipinski definition) is 3. The van der Waals surface area contributed by atoms with E-state index in [1.54, 1.807) is 19.2 Å². The third-order valence-corrected chi connectivity index (χ3v) is 4.53. The van der Waals surface area contributed by atoms with Crippen molar-refractivity contribution in [2.24, 2.45) is 0 Å². The second-order valence-electron chi connectivity index (χ2n) is 5.65. The second kappa shape index (κ2) is 8.85. The van der Waals surface area contributed by atoms with E-state index in [4.69, 9.17) is 9.47 Å². The van der Waals surface area contributed by atoms with E-state index in [9.17, 15) is 9.18 Å². The Morgan fingerprint density at radius 3 is 2.44 bits per heavy atom. The van der Waals surface area contributed by atoms with Crippen molar-refractivity contribution in [1.82, 2.24) is 5.32 Å². The number of amides is 1. The van der Waals surface area contributed by atoms with Crippen molar-refractivity contribution < 1.29 is 18.7 Å². The Kier molecular flexibility index (Phi) is 6.82. The van der Waals surface area contributed by atoms with Gasteiger partial charge in [-0.15, -0.1) is 0 Å². The van der Waals surface area contributed by atoms with Crippen molar-refractivity contribution in [3.8, 4) is 11.5 Å². The van der Waals surface area contributed by atoms with Gasteiger partial charge in [-0.1, -0.05) is 12.1 Å². The highest BCUT2D eigenvalue weighted by Crippen LogP contribution is 2.26. The van der Waals surface area contributed by atoms with E-state index in [0.717, 1.165) is 15.8 Å². The van der Waals surface area contributed by atoms with Crippen molar-refractivity contribution >= 4 is 21.8 Å². The molecule has 0 aliphatic carbocycles. The van der Waals surface area contributed by atoms with E-state index in [2.05, 4.69) is 21.2 Å². The van der Waals surface area contributed by atoms with Crippen molar-refractivity contribution in [2.75, 3.05) is 14.2 Å². The number of hydrogen-bond donors (Lipinski definition) is 1. The lowest BCUT2D eigenvalue weighted by Crippen LogP contribution is -2.26. The van der Waals surface area contributed by atoms with Gasteiger partial charge in [-0.2, -0.15) is 0 Å². The summed E-state index contributed by atoms with van der Waals surface area (Å²) < 4.78 is 24.7. The van der Waals surface area contributed by atoms with E-state index in [1.165, 1.54) is 13.2 Å². The van der Waals surface area contributed by atoms with Gasteiger partial charge in [-0.25, -0.2) is 4.39 Å². The summed E-state index contributed by atoms with van der Waals surface area (Å²) in [5.41, 5.74) is 1.73. The first kappa shape index (κ1) is 19.2. The third kappa shape index (κ3) is 5.19. The van der Waals surface area contributed by atoms with Gasteiger partial charge in [0.05, 0.1) is 24.7 Å². The van der Waals surface area contributed by atoms with Crippen LogP contribution in [0.1, 0.15) is 30.5 Å². The van der Waals surface area contributed by atoms with Crippen molar-refractivity contribution in [3.63, 3.8) is 0 Å². The molecule has 0 aromatic heterocycles. The molecule has 0 spiro atoms. The third-order valence-electron chi connectivity index (χ3n) is 3.91. The van der Waals surface area contributed by atoms with Crippen LogP contribution in [0.3, 0.4) is 0 Å².